The number of hydrogen-bond donors (Lipinski definition) is 0. The fourth-order valence-corrected chi connectivity index (χ4v) is 4.18. The van der Waals surface area contributed by atoms with Gasteiger partial charge in [0.25, 0.3) is 5.91 Å². The minimum Gasteiger partial charge on any atom is -0.383 e. The van der Waals surface area contributed by atoms with Crippen LogP contribution in [0.15, 0.2) is 24.5 Å². The van der Waals surface area contributed by atoms with E-state index in [1.165, 1.54) is 4.90 Å². The number of aromatic nitrogens is 1. The average Bonchev–Trinajstić information content (AvgIpc) is 2.89. The van der Waals surface area contributed by atoms with Gasteiger partial charge in [-0.15, -0.1) is 0 Å². The zero-order chi connectivity index (χ0) is 21.0. The van der Waals surface area contributed by atoms with Crippen molar-refractivity contribution in [3.05, 3.63) is 30.1 Å². The second kappa shape index (κ2) is 8.90. The molecule has 2 saturated heterocycles. The molecule has 1 aromatic heterocycles. The molecule has 0 N–H and O–H groups in total. The number of carbonyl (C=O) groups is 3. The molecule has 0 unspecified atom stereocenters. The molecule has 4 amide bonds. The summed E-state index contributed by atoms with van der Waals surface area (Å²) in [6.45, 7) is 6.10. The Labute approximate surface area is 171 Å². The summed E-state index contributed by atoms with van der Waals surface area (Å²) >= 11 is 0. The molecule has 3 heterocycles. The third kappa shape index (κ3) is 4.27. The maximum absolute atomic E-state index is 13.3. The Balaban J connectivity index is 1.72. The van der Waals surface area contributed by atoms with E-state index in [9.17, 15) is 14.4 Å². The standard InChI is InChI=1S/C21H30N4O4/c1-16(2)15-25-20(28)24(11-12-29-3)19(27)21(25)6-9-23(10-7-21)18(26)13-17-5-4-8-22-14-17/h4-5,8,14,16H,6-7,9-13,15H2,1-3H3. The van der Waals surface area contributed by atoms with E-state index in [4.69, 9.17) is 4.74 Å². The lowest BCUT2D eigenvalue weighted by atomic mass is 9.85. The molecule has 1 aromatic rings. The van der Waals surface area contributed by atoms with Crippen LogP contribution in [0.25, 0.3) is 0 Å². The minimum absolute atomic E-state index is 0.0243. The van der Waals surface area contributed by atoms with E-state index in [1.807, 2.05) is 26.0 Å². The molecule has 3 rings (SSSR count). The number of hydrogen-bond acceptors (Lipinski definition) is 5. The van der Waals surface area contributed by atoms with Gasteiger partial charge in [-0.1, -0.05) is 19.9 Å². The molecule has 0 aliphatic carbocycles. The average molecular weight is 402 g/mol. The first-order valence-electron chi connectivity index (χ1n) is 10.2. The van der Waals surface area contributed by atoms with Gasteiger partial charge in [0.2, 0.25) is 5.91 Å². The molecule has 0 atom stereocenters. The highest BCUT2D eigenvalue weighted by molar-refractivity contribution is 6.07. The van der Waals surface area contributed by atoms with Crippen LogP contribution in [0.2, 0.25) is 0 Å². The van der Waals surface area contributed by atoms with Crippen molar-refractivity contribution in [2.45, 2.75) is 38.6 Å². The third-order valence-corrected chi connectivity index (χ3v) is 5.71. The molecule has 8 heteroatoms. The van der Waals surface area contributed by atoms with E-state index in [0.717, 1.165) is 5.56 Å². The van der Waals surface area contributed by atoms with Gasteiger partial charge in [-0.2, -0.15) is 0 Å². The Kier molecular flexibility index (Phi) is 6.52. The molecule has 0 bridgehead atoms. The van der Waals surface area contributed by atoms with Crippen molar-refractivity contribution in [3.63, 3.8) is 0 Å². The number of piperidine rings is 1. The van der Waals surface area contributed by atoms with E-state index >= 15 is 0 Å². The first-order chi connectivity index (χ1) is 13.9. The lowest BCUT2D eigenvalue weighted by Gasteiger charge is -2.42. The molecule has 0 aromatic carbocycles. The van der Waals surface area contributed by atoms with Crippen molar-refractivity contribution in [3.8, 4) is 0 Å². The number of rotatable bonds is 7. The maximum atomic E-state index is 13.3. The van der Waals surface area contributed by atoms with Crippen LogP contribution in [0.5, 0.6) is 0 Å². The summed E-state index contributed by atoms with van der Waals surface area (Å²) in [7, 11) is 1.55. The maximum Gasteiger partial charge on any atom is 0.327 e. The molecular formula is C21H30N4O4. The molecule has 8 nitrogen and oxygen atoms in total. The van der Waals surface area contributed by atoms with Crippen LogP contribution in [0.3, 0.4) is 0 Å². The number of urea groups is 1. The number of pyridine rings is 1. The zero-order valence-electron chi connectivity index (χ0n) is 17.5. The summed E-state index contributed by atoms with van der Waals surface area (Å²) < 4.78 is 5.08. The zero-order valence-corrected chi connectivity index (χ0v) is 17.5. The van der Waals surface area contributed by atoms with Crippen molar-refractivity contribution in [1.29, 1.82) is 0 Å². The summed E-state index contributed by atoms with van der Waals surface area (Å²) in [5.41, 5.74) is 0.0253. The first kappa shape index (κ1) is 21.2. The lowest BCUT2D eigenvalue weighted by molar-refractivity contribution is -0.141. The molecular weight excluding hydrogens is 372 g/mol. The highest BCUT2D eigenvalue weighted by Gasteiger charge is 2.57. The van der Waals surface area contributed by atoms with Crippen molar-refractivity contribution in [1.82, 2.24) is 19.7 Å². The van der Waals surface area contributed by atoms with Gasteiger partial charge in [0.05, 0.1) is 19.6 Å². The smallest absolute Gasteiger partial charge is 0.327 e. The lowest BCUT2D eigenvalue weighted by Crippen LogP contribution is -2.58. The first-order valence-corrected chi connectivity index (χ1v) is 10.2. The monoisotopic (exact) mass is 402 g/mol. The predicted molar refractivity (Wildman–Crippen MR) is 107 cm³/mol. The van der Waals surface area contributed by atoms with E-state index in [1.54, 1.807) is 29.3 Å². The SMILES string of the molecule is COCCN1C(=O)N(CC(C)C)C2(CCN(C(=O)Cc3cccnc3)CC2)C1=O. The molecule has 29 heavy (non-hydrogen) atoms. The highest BCUT2D eigenvalue weighted by Crippen LogP contribution is 2.38. The largest absolute Gasteiger partial charge is 0.383 e. The number of carbonyl (C=O) groups excluding carboxylic acids is 3. The van der Waals surface area contributed by atoms with Gasteiger partial charge in [-0.25, -0.2) is 4.79 Å². The minimum atomic E-state index is -0.847. The Hall–Kier alpha value is -2.48. The second-order valence-corrected chi connectivity index (χ2v) is 8.19. The van der Waals surface area contributed by atoms with Gasteiger partial charge >= 0.3 is 6.03 Å². The van der Waals surface area contributed by atoms with Crippen molar-refractivity contribution >= 4 is 17.8 Å². The van der Waals surface area contributed by atoms with E-state index in [-0.39, 0.29) is 30.3 Å². The van der Waals surface area contributed by atoms with E-state index in [0.29, 0.717) is 45.5 Å². The van der Waals surface area contributed by atoms with Crippen molar-refractivity contribution < 1.29 is 19.1 Å². The molecule has 2 fully saturated rings. The van der Waals surface area contributed by atoms with Gasteiger partial charge < -0.3 is 14.5 Å². The fourth-order valence-electron chi connectivity index (χ4n) is 4.18. The van der Waals surface area contributed by atoms with Gasteiger partial charge in [0.1, 0.15) is 5.54 Å². The Morgan fingerprint density at radius 2 is 2.00 bits per heavy atom. The van der Waals surface area contributed by atoms with E-state index < -0.39 is 5.54 Å². The third-order valence-electron chi connectivity index (χ3n) is 5.71. The normalized spacial score (nSPS) is 19.0. The Morgan fingerprint density at radius 3 is 2.59 bits per heavy atom. The summed E-state index contributed by atoms with van der Waals surface area (Å²) in [4.78, 5) is 47.8. The van der Waals surface area contributed by atoms with Crippen LogP contribution < -0.4 is 0 Å². The molecule has 1 spiro atoms. The summed E-state index contributed by atoms with van der Waals surface area (Å²) in [5.74, 6) is 0.118. The number of methoxy groups -OCH3 is 1. The van der Waals surface area contributed by atoms with Gasteiger partial charge in [-0.3, -0.25) is 19.5 Å². The number of nitrogens with zero attached hydrogens (tertiary/aromatic N) is 4. The summed E-state index contributed by atoms with van der Waals surface area (Å²) in [6, 6.07) is 3.46. The summed E-state index contributed by atoms with van der Waals surface area (Å²) in [6.07, 6.45) is 4.60. The predicted octanol–water partition coefficient (Wildman–Crippen LogP) is 1.55. The van der Waals surface area contributed by atoms with Crippen LogP contribution in [-0.4, -0.2) is 83.0 Å². The highest BCUT2D eigenvalue weighted by atomic mass is 16.5. The van der Waals surface area contributed by atoms with Crippen molar-refractivity contribution in [2.75, 3.05) is 39.9 Å². The quantitative estimate of drug-likeness (QED) is 0.646. The molecule has 2 aliphatic rings. The van der Waals surface area contributed by atoms with Gasteiger partial charge in [0.15, 0.2) is 0 Å². The number of ether oxygens (including phenoxy) is 1. The van der Waals surface area contributed by atoms with Gasteiger partial charge in [-0.05, 0) is 30.4 Å². The van der Waals surface area contributed by atoms with Crippen LogP contribution in [0.4, 0.5) is 4.79 Å². The molecule has 0 radical (unpaired) electrons. The Bertz CT molecular complexity index is 744. The topological polar surface area (TPSA) is 83.1 Å². The number of amides is 4. The fraction of sp³-hybridized carbons (Fsp3) is 0.619. The van der Waals surface area contributed by atoms with Crippen molar-refractivity contribution in [2.24, 2.45) is 5.92 Å². The number of imide groups is 1. The van der Waals surface area contributed by atoms with Crippen LogP contribution in [-0.2, 0) is 20.7 Å². The number of likely N-dealkylation sites (tertiary alicyclic amines) is 1. The van der Waals surface area contributed by atoms with E-state index in [2.05, 4.69) is 4.98 Å². The summed E-state index contributed by atoms with van der Waals surface area (Å²) in [5, 5.41) is 0. The van der Waals surface area contributed by atoms with Crippen LogP contribution >= 0.6 is 0 Å². The van der Waals surface area contributed by atoms with Crippen LogP contribution in [0.1, 0.15) is 32.3 Å². The molecule has 2 aliphatic heterocycles. The second-order valence-electron chi connectivity index (χ2n) is 8.19. The molecule has 0 saturated carbocycles. The van der Waals surface area contributed by atoms with Crippen LogP contribution in [0, 0.1) is 5.92 Å². The molecule has 158 valence electrons. The Morgan fingerprint density at radius 1 is 1.28 bits per heavy atom. The van der Waals surface area contributed by atoms with Gasteiger partial charge in [0, 0.05) is 39.1 Å².